The SMILES string of the molecule is COc1cc(C)cc(C)c1NCC(CO)C(C)C. The molecule has 0 saturated carbocycles. The van der Waals surface area contributed by atoms with E-state index >= 15 is 0 Å². The van der Waals surface area contributed by atoms with Crippen molar-refractivity contribution in [3.05, 3.63) is 23.3 Å². The Morgan fingerprint density at radius 1 is 1.28 bits per heavy atom. The summed E-state index contributed by atoms with van der Waals surface area (Å²) in [6.07, 6.45) is 0. The molecule has 0 fully saturated rings. The predicted octanol–water partition coefficient (Wildman–Crippen LogP) is 2.99. The number of hydrogen-bond donors (Lipinski definition) is 2. The summed E-state index contributed by atoms with van der Waals surface area (Å²) in [6, 6.07) is 4.16. The fourth-order valence-electron chi connectivity index (χ4n) is 2.06. The number of rotatable bonds is 6. The molecule has 0 heterocycles. The number of aryl methyl sites for hydroxylation is 2. The van der Waals surface area contributed by atoms with Crippen molar-refractivity contribution in [1.82, 2.24) is 0 Å². The van der Waals surface area contributed by atoms with E-state index in [4.69, 9.17) is 4.74 Å². The van der Waals surface area contributed by atoms with E-state index in [2.05, 4.69) is 39.1 Å². The molecule has 0 aromatic heterocycles. The van der Waals surface area contributed by atoms with E-state index in [9.17, 15) is 5.11 Å². The first kappa shape index (κ1) is 14.8. The lowest BCUT2D eigenvalue weighted by Gasteiger charge is -2.21. The smallest absolute Gasteiger partial charge is 0.142 e. The van der Waals surface area contributed by atoms with Crippen molar-refractivity contribution >= 4 is 5.69 Å². The molecule has 0 spiro atoms. The van der Waals surface area contributed by atoms with Crippen LogP contribution in [0, 0.1) is 25.7 Å². The van der Waals surface area contributed by atoms with Gasteiger partial charge in [0.15, 0.2) is 0 Å². The summed E-state index contributed by atoms with van der Waals surface area (Å²) in [4.78, 5) is 0. The zero-order valence-electron chi connectivity index (χ0n) is 12.1. The largest absolute Gasteiger partial charge is 0.495 e. The summed E-state index contributed by atoms with van der Waals surface area (Å²) in [7, 11) is 1.69. The van der Waals surface area contributed by atoms with Gasteiger partial charge in [-0.2, -0.15) is 0 Å². The van der Waals surface area contributed by atoms with Crippen LogP contribution in [0.4, 0.5) is 5.69 Å². The molecular formula is C15H25NO2. The number of aliphatic hydroxyl groups excluding tert-OH is 1. The minimum absolute atomic E-state index is 0.206. The number of methoxy groups -OCH3 is 1. The fourth-order valence-corrected chi connectivity index (χ4v) is 2.06. The van der Waals surface area contributed by atoms with Crippen molar-refractivity contribution < 1.29 is 9.84 Å². The van der Waals surface area contributed by atoms with Crippen molar-refractivity contribution in [3.63, 3.8) is 0 Å². The first-order chi connectivity index (χ1) is 8.49. The number of anilines is 1. The second-order valence-electron chi connectivity index (χ2n) is 5.23. The Hall–Kier alpha value is -1.22. The summed E-state index contributed by atoms with van der Waals surface area (Å²) >= 11 is 0. The second kappa shape index (κ2) is 6.64. The molecule has 0 aliphatic heterocycles. The average Bonchev–Trinajstić information content (AvgIpc) is 2.31. The van der Waals surface area contributed by atoms with Gasteiger partial charge >= 0.3 is 0 Å². The Balaban J connectivity index is 2.84. The molecule has 1 aromatic carbocycles. The van der Waals surface area contributed by atoms with Gasteiger partial charge in [0.2, 0.25) is 0 Å². The Labute approximate surface area is 110 Å². The summed E-state index contributed by atoms with van der Waals surface area (Å²) in [5.74, 6) is 1.59. The topological polar surface area (TPSA) is 41.5 Å². The highest BCUT2D eigenvalue weighted by atomic mass is 16.5. The maximum atomic E-state index is 9.34. The molecule has 0 aliphatic carbocycles. The monoisotopic (exact) mass is 251 g/mol. The highest BCUT2D eigenvalue weighted by Gasteiger charge is 2.14. The third-order valence-electron chi connectivity index (χ3n) is 3.38. The molecule has 3 nitrogen and oxygen atoms in total. The number of ether oxygens (including phenoxy) is 1. The van der Waals surface area contributed by atoms with Crippen LogP contribution in [0.2, 0.25) is 0 Å². The second-order valence-corrected chi connectivity index (χ2v) is 5.23. The predicted molar refractivity (Wildman–Crippen MR) is 76.4 cm³/mol. The normalized spacial score (nSPS) is 12.6. The summed E-state index contributed by atoms with van der Waals surface area (Å²) in [5, 5.41) is 12.8. The first-order valence-electron chi connectivity index (χ1n) is 6.49. The van der Waals surface area contributed by atoms with Gasteiger partial charge in [-0.15, -0.1) is 0 Å². The van der Waals surface area contributed by atoms with Gasteiger partial charge in [0.25, 0.3) is 0 Å². The molecule has 1 atom stereocenters. The van der Waals surface area contributed by atoms with Crippen molar-refractivity contribution in [2.45, 2.75) is 27.7 Å². The van der Waals surface area contributed by atoms with Gasteiger partial charge in [-0.3, -0.25) is 0 Å². The molecule has 1 aromatic rings. The van der Waals surface area contributed by atoms with E-state index in [1.165, 1.54) is 11.1 Å². The molecule has 2 N–H and O–H groups in total. The molecule has 0 bridgehead atoms. The standard InChI is InChI=1S/C15H25NO2/c1-10(2)13(9-17)8-16-15-12(4)6-11(3)7-14(15)18-5/h6-7,10,13,16-17H,8-9H2,1-5H3. The van der Waals surface area contributed by atoms with Gasteiger partial charge in [0.05, 0.1) is 12.8 Å². The minimum atomic E-state index is 0.206. The molecule has 0 saturated heterocycles. The van der Waals surface area contributed by atoms with Crippen LogP contribution in [0.15, 0.2) is 12.1 Å². The van der Waals surface area contributed by atoms with E-state index in [1.807, 2.05) is 6.07 Å². The van der Waals surface area contributed by atoms with Crippen LogP contribution >= 0.6 is 0 Å². The van der Waals surface area contributed by atoms with Crippen molar-refractivity contribution in [2.75, 3.05) is 25.6 Å². The number of aliphatic hydroxyl groups is 1. The molecular weight excluding hydrogens is 226 g/mol. The number of hydrogen-bond acceptors (Lipinski definition) is 3. The Bertz CT molecular complexity index is 388. The van der Waals surface area contributed by atoms with Crippen molar-refractivity contribution in [2.24, 2.45) is 11.8 Å². The third kappa shape index (κ3) is 3.64. The van der Waals surface area contributed by atoms with Gasteiger partial charge in [-0.25, -0.2) is 0 Å². The van der Waals surface area contributed by atoms with Gasteiger partial charge in [-0.05, 0) is 37.0 Å². The molecule has 0 radical (unpaired) electrons. The van der Waals surface area contributed by atoms with Crippen LogP contribution in [0.1, 0.15) is 25.0 Å². The van der Waals surface area contributed by atoms with Crippen LogP contribution < -0.4 is 10.1 Å². The van der Waals surface area contributed by atoms with E-state index in [-0.39, 0.29) is 12.5 Å². The summed E-state index contributed by atoms with van der Waals surface area (Å²) in [5.41, 5.74) is 3.40. The zero-order valence-corrected chi connectivity index (χ0v) is 12.1. The Morgan fingerprint density at radius 2 is 1.94 bits per heavy atom. The number of nitrogens with one attached hydrogen (secondary N) is 1. The molecule has 3 heteroatoms. The molecule has 102 valence electrons. The third-order valence-corrected chi connectivity index (χ3v) is 3.38. The lowest BCUT2D eigenvalue weighted by molar-refractivity contribution is 0.198. The molecule has 1 rings (SSSR count). The lowest BCUT2D eigenvalue weighted by atomic mass is 9.96. The van der Waals surface area contributed by atoms with E-state index in [1.54, 1.807) is 7.11 Å². The van der Waals surface area contributed by atoms with Crippen LogP contribution in [0.3, 0.4) is 0 Å². The lowest BCUT2D eigenvalue weighted by Crippen LogP contribution is -2.23. The summed E-state index contributed by atoms with van der Waals surface area (Å²) in [6.45, 7) is 9.35. The van der Waals surface area contributed by atoms with Crippen molar-refractivity contribution in [3.8, 4) is 5.75 Å². The summed E-state index contributed by atoms with van der Waals surface area (Å²) < 4.78 is 5.41. The van der Waals surface area contributed by atoms with Crippen LogP contribution in [-0.2, 0) is 0 Å². The van der Waals surface area contributed by atoms with Crippen LogP contribution in [-0.4, -0.2) is 25.4 Å². The number of benzene rings is 1. The Kier molecular flexibility index (Phi) is 5.48. The fraction of sp³-hybridized carbons (Fsp3) is 0.600. The van der Waals surface area contributed by atoms with E-state index in [0.29, 0.717) is 5.92 Å². The minimum Gasteiger partial charge on any atom is -0.495 e. The van der Waals surface area contributed by atoms with Crippen molar-refractivity contribution in [1.29, 1.82) is 0 Å². The van der Waals surface area contributed by atoms with E-state index < -0.39 is 0 Å². The molecule has 1 unspecified atom stereocenters. The van der Waals surface area contributed by atoms with Gasteiger partial charge in [0.1, 0.15) is 5.75 Å². The first-order valence-corrected chi connectivity index (χ1v) is 6.49. The molecule has 0 amide bonds. The van der Waals surface area contributed by atoms with Crippen LogP contribution in [0.25, 0.3) is 0 Å². The molecule has 0 aliphatic rings. The zero-order chi connectivity index (χ0) is 13.7. The highest BCUT2D eigenvalue weighted by molar-refractivity contribution is 5.63. The van der Waals surface area contributed by atoms with Gasteiger partial charge in [0, 0.05) is 19.1 Å². The van der Waals surface area contributed by atoms with Gasteiger partial charge < -0.3 is 15.2 Å². The Morgan fingerprint density at radius 3 is 2.44 bits per heavy atom. The maximum absolute atomic E-state index is 9.34. The maximum Gasteiger partial charge on any atom is 0.142 e. The van der Waals surface area contributed by atoms with E-state index in [0.717, 1.165) is 18.0 Å². The van der Waals surface area contributed by atoms with Gasteiger partial charge in [-0.1, -0.05) is 19.9 Å². The highest BCUT2D eigenvalue weighted by Crippen LogP contribution is 2.30. The van der Waals surface area contributed by atoms with Crippen LogP contribution in [0.5, 0.6) is 5.75 Å². The average molecular weight is 251 g/mol. The quantitative estimate of drug-likeness (QED) is 0.816. The molecule has 18 heavy (non-hydrogen) atoms.